The van der Waals surface area contributed by atoms with Gasteiger partial charge in [-0.25, -0.2) is 4.79 Å². The topological polar surface area (TPSA) is 93.9 Å². The van der Waals surface area contributed by atoms with Crippen LogP contribution in [-0.4, -0.2) is 48.7 Å². The Balaban J connectivity index is 1.97. The molecule has 23 heavy (non-hydrogen) atoms. The molecule has 1 fully saturated rings. The van der Waals surface area contributed by atoms with E-state index in [0.29, 0.717) is 18.0 Å². The summed E-state index contributed by atoms with van der Waals surface area (Å²) in [6.45, 7) is 4.90. The Morgan fingerprint density at radius 3 is 3.00 bits per heavy atom. The van der Waals surface area contributed by atoms with E-state index in [9.17, 15) is 9.59 Å². The second-order valence-corrected chi connectivity index (χ2v) is 5.50. The van der Waals surface area contributed by atoms with Crippen molar-refractivity contribution in [1.82, 2.24) is 4.90 Å². The van der Waals surface area contributed by atoms with Gasteiger partial charge in [0.1, 0.15) is 5.75 Å². The van der Waals surface area contributed by atoms with Crippen molar-refractivity contribution in [2.24, 2.45) is 5.73 Å². The number of morpholine rings is 1. The smallest absolute Gasteiger partial charge is 0.322 e. The average molecular weight is 321 g/mol. The fourth-order valence-corrected chi connectivity index (χ4v) is 2.17. The minimum Gasteiger partial charge on any atom is -0.491 e. The zero-order valence-corrected chi connectivity index (χ0v) is 13.5. The molecule has 3 amide bonds. The van der Waals surface area contributed by atoms with Gasteiger partial charge in [-0.05, 0) is 25.5 Å². The fourth-order valence-electron chi connectivity index (χ4n) is 2.17. The largest absolute Gasteiger partial charge is 0.491 e. The van der Waals surface area contributed by atoms with Crippen molar-refractivity contribution in [3.63, 3.8) is 0 Å². The maximum atomic E-state index is 12.3. The highest BCUT2D eigenvalue weighted by atomic mass is 16.5. The van der Waals surface area contributed by atoms with E-state index in [4.69, 9.17) is 15.2 Å². The van der Waals surface area contributed by atoms with Crippen molar-refractivity contribution in [2.75, 3.05) is 25.0 Å². The van der Waals surface area contributed by atoms with Gasteiger partial charge in [-0.3, -0.25) is 4.79 Å². The third kappa shape index (κ3) is 4.85. The monoisotopic (exact) mass is 321 g/mol. The summed E-state index contributed by atoms with van der Waals surface area (Å²) >= 11 is 0. The molecule has 1 aromatic rings. The van der Waals surface area contributed by atoms with E-state index in [1.54, 1.807) is 12.1 Å². The van der Waals surface area contributed by atoms with Crippen LogP contribution in [0.25, 0.3) is 0 Å². The van der Waals surface area contributed by atoms with E-state index in [1.165, 1.54) is 4.90 Å². The number of urea groups is 1. The van der Waals surface area contributed by atoms with Gasteiger partial charge in [0.25, 0.3) is 0 Å². The zero-order valence-electron chi connectivity index (χ0n) is 13.5. The summed E-state index contributed by atoms with van der Waals surface area (Å²) in [4.78, 5) is 25.0. The molecule has 1 aromatic carbocycles. The van der Waals surface area contributed by atoms with E-state index in [-0.39, 0.29) is 25.3 Å². The first-order valence-corrected chi connectivity index (χ1v) is 7.73. The average Bonchev–Trinajstić information content (AvgIpc) is 2.55. The van der Waals surface area contributed by atoms with Crippen molar-refractivity contribution in [3.8, 4) is 5.75 Å². The van der Waals surface area contributed by atoms with Gasteiger partial charge in [-0.15, -0.1) is 0 Å². The van der Waals surface area contributed by atoms with Gasteiger partial charge in [0.05, 0.1) is 19.3 Å². The molecule has 126 valence electrons. The second-order valence-electron chi connectivity index (χ2n) is 5.50. The highest BCUT2D eigenvalue weighted by Gasteiger charge is 2.27. The number of nitrogens with one attached hydrogen (secondary N) is 1. The minimum absolute atomic E-state index is 0.108. The fraction of sp³-hybridized carbons (Fsp3) is 0.500. The third-order valence-electron chi connectivity index (χ3n) is 3.67. The van der Waals surface area contributed by atoms with Crippen molar-refractivity contribution in [2.45, 2.75) is 32.5 Å². The van der Waals surface area contributed by atoms with Crippen molar-refractivity contribution in [1.29, 1.82) is 0 Å². The lowest BCUT2D eigenvalue weighted by atomic mass is 10.2. The molecule has 1 heterocycles. The molecule has 0 saturated carbocycles. The van der Waals surface area contributed by atoms with E-state index in [1.807, 2.05) is 26.0 Å². The zero-order chi connectivity index (χ0) is 16.8. The van der Waals surface area contributed by atoms with Crippen LogP contribution in [0.1, 0.15) is 20.3 Å². The molecule has 0 aromatic heterocycles. The van der Waals surface area contributed by atoms with Gasteiger partial charge >= 0.3 is 6.03 Å². The summed E-state index contributed by atoms with van der Waals surface area (Å²) in [7, 11) is 0. The van der Waals surface area contributed by atoms with Crippen LogP contribution in [0.5, 0.6) is 5.75 Å². The first-order chi connectivity index (χ1) is 11.0. The van der Waals surface area contributed by atoms with Gasteiger partial charge in [0.15, 0.2) is 6.10 Å². The number of rotatable bonds is 5. The molecule has 2 atom stereocenters. The standard InChI is InChI=1S/C16H23N3O4/c1-3-11(2)23-13-6-4-5-12(9-13)18-16(21)19-7-8-22-14(10-19)15(17)20/h4-6,9,11,14H,3,7-8,10H2,1-2H3,(H2,17,20)(H,18,21)/t11-,14-/m1/s1. The van der Waals surface area contributed by atoms with Crippen LogP contribution in [-0.2, 0) is 9.53 Å². The molecule has 0 unspecified atom stereocenters. The van der Waals surface area contributed by atoms with E-state index >= 15 is 0 Å². The molecule has 2 rings (SSSR count). The highest BCUT2D eigenvalue weighted by Crippen LogP contribution is 2.20. The maximum absolute atomic E-state index is 12.3. The van der Waals surface area contributed by atoms with E-state index in [0.717, 1.165) is 6.42 Å². The number of hydrogen-bond acceptors (Lipinski definition) is 4. The number of hydrogen-bond donors (Lipinski definition) is 2. The summed E-state index contributed by atoms with van der Waals surface area (Å²) in [6.07, 6.45) is 0.255. The van der Waals surface area contributed by atoms with Gasteiger partial charge in [0.2, 0.25) is 5.91 Å². The van der Waals surface area contributed by atoms with Crippen LogP contribution in [0.3, 0.4) is 0 Å². The SMILES string of the molecule is CC[C@@H](C)Oc1cccc(NC(=O)N2CCO[C@@H](C(N)=O)C2)c1. The van der Waals surface area contributed by atoms with Crippen LogP contribution < -0.4 is 15.8 Å². The molecule has 1 aliphatic rings. The molecule has 0 aliphatic carbocycles. The normalized spacial score (nSPS) is 19.0. The van der Waals surface area contributed by atoms with Crippen LogP contribution in [0, 0.1) is 0 Å². The number of anilines is 1. The van der Waals surface area contributed by atoms with Crippen LogP contribution in [0.4, 0.5) is 10.5 Å². The lowest BCUT2D eigenvalue weighted by Gasteiger charge is -2.31. The van der Waals surface area contributed by atoms with Gasteiger partial charge < -0.3 is 25.4 Å². The van der Waals surface area contributed by atoms with Crippen molar-refractivity contribution >= 4 is 17.6 Å². The Labute approximate surface area is 135 Å². The molecule has 3 N–H and O–H groups in total. The first-order valence-electron chi connectivity index (χ1n) is 7.73. The summed E-state index contributed by atoms with van der Waals surface area (Å²) in [6, 6.07) is 6.93. The number of primary amides is 1. The quantitative estimate of drug-likeness (QED) is 0.861. The van der Waals surface area contributed by atoms with Crippen LogP contribution in [0.15, 0.2) is 24.3 Å². The Morgan fingerprint density at radius 1 is 1.52 bits per heavy atom. The molecular formula is C16H23N3O4. The van der Waals surface area contributed by atoms with E-state index in [2.05, 4.69) is 5.32 Å². The summed E-state index contributed by atoms with van der Waals surface area (Å²) < 4.78 is 11.0. The summed E-state index contributed by atoms with van der Waals surface area (Å²) in [5, 5.41) is 2.80. The van der Waals surface area contributed by atoms with E-state index < -0.39 is 12.0 Å². The number of carbonyl (C=O) groups is 2. The Kier molecular flexibility index (Phi) is 5.81. The first kappa shape index (κ1) is 17.1. The molecular weight excluding hydrogens is 298 g/mol. The predicted octanol–water partition coefficient (Wildman–Crippen LogP) is 1.58. The molecule has 0 bridgehead atoms. The Morgan fingerprint density at radius 2 is 2.30 bits per heavy atom. The molecule has 7 nitrogen and oxygen atoms in total. The van der Waals surface area contributed by atoms with Gasteiger partial charge in [-0.1, -0.05) is 13.0 Å². The van der Waals surface area contributed by atoms with Gasteiger partial charge in [0, 0.05) is 18.3 Å². The number of benzene rings is 1. The lowest BCUT2D eigenvalue weighted by molar-refractivity contribution is -0.133. The maximum Gasteiger partial charge on any atom is 0.322 e. The van der Waals surface area contributed by atoms with Crippen LogP contribution in [0.2, 0.25) is 0 Å². The number of nitrogens with zero attached hydrogens (tertiary/aromatic N) is 1. The van der Waals surface area contributed by atoms with Crippen molar-refractivity contribution < 1.29 is 19.1 Å². The molecule has 0 spiro atoms. The lowest BCUT2D eigenvalue weighted by Crippen LogP contribution is -2.51. The highest BCUT2D eigenvalue weighted by molar-refractivity contribution is 5.90. The van der Waals surface area contributed by atoms with Gasteiger partial charge in [-0.2, -0.15) is 0 Å². The summed E-state index contributed by atoms with van der Waals surface area (Å²) in [5.41, 5.74) is 5.86. The predicted molar refractivity (Wildman–Crippen MR) is 86.3 cm³/mol. The number of amides is 3. The van der Waals surface area contributed by atoms with Crippen LogP contribution >= 0.6 is 0 Å². The second kappa shape index (κ2) is 7.82. The molecule has 0 radical (unpaired) electrons. The Bertz CT molecular complexity index is 564. The Hall–Kier alpha value is -2.28. The van der Waals surface area contributed by atoms with Crippen molar-refractivity contribution in [3.05, 3.63) is 24.3 Å². The molecule has 1 saturated heterocycles. The number of carbonyl (C=O) groups excluding carboxylic acids is 2. The third-order valence-corrected chi connectivity index (χ3v) is 3.67. The number of nitrogens with two attached hydrogens (primary N) is 1. The minimum atomic E-state index is -0.755. The summed E-state index contributed by atoms with van der Waals surface area (Å²) in [5.74, 6) is 0.139. The molecule has 7 heteroatoms. The number of ether oxygens (including phenoxy) is 2. The molecule has 1 aliphatic heterocycles.